The van der Waals surface area contributed by atoms with Crippen LogP contribution in [0.2, 0.25) is 0 Å². The van der Waals surface area contributed by atoms with E-state index in [2.05, 4.69) is 0 Å². The summed E-state index contributed by atoms with van der Waals surface area (Å²) in [6.45, 7) is 0. The van der Waals surface area contributed by atoms with Crippen molar-refractivity contribution in [1.29, 1.82) is 0 Å². The average molecular weight is 243 g/mol. The molecule has 1 aliphatic carbocycles. The second-order valence-electron chi connectivity index (χ2n) is 4.79. The molecule has 18 heavy (non-hydrogen) atoms. The van der Waals surface area contributed by atoms with Crippen LogP contribution in [0.1, 0.15) is 46.8 Å². The minimum absolute atomic E-state index is 0.0719. The van der Waals surface area contributed by atoms with Gasteiger partial charge >= 0.3 is 0 Å². The van der Waals surface area contributed by atoms with Crippen molar-refractivity contribution in [2.24, 2.45) is 0 Å². The minimum atomic E-state index is -0.122. The van der Waals surface area contributed by atoms with Crippen LogP contribution in [-0.2, 0) is 16.0 Å². The monoisotopic (exact) mass is 243 g/mol. The van der Waals surface area contributed by atoms with Crippen LogP contribution in [0, 0.1) is 0 Å². The maximum absolute atomic E-state index is 11.8. The Labute approximate surface area is 105 Å². The second kappa shape index (κ2) is 4.05. The smallest absolute Gasteiger partial charge is 0.230 e. The van der Waals surface area contributed by atoms with Crippen LogP contribution in [0.5, 0.6) is 0 Å². The van der Waals surface area contributed by atoms with Gasteiger partial charge in [-0.15, -0.1) is 0 Å². The lowest BCUT2D eigenvalue weighted by Gasteiger charge is -2.22. The van der Waals surface area contributed by atoms with E-state index in [1.165, 1.54) is 4.90 Å². The number of carbonyl (C=O) groups is 3. The minimum Gasteiger partial charge on any atom is -0.298 e. The predicted molar refractivity (Wildman–Crippen MR) is 64.0 cm³/mol. The van der Waals surface area contributed by atoms with Crippen LogP contribution in [0.15, 0.2) is 18.2 Å². The van der Waals surface area contributed by atoms with Gasteiger partial charge in [0.2, 0.25) is 11.8 Å². The van der Waals surface area contributed by atoms with Gasteiger partial charge in [-0.3, -0.25) is 19.3 Å². The zero-order chi connectivity index (χ0) is 12.7. The van der Waals surface area contributed by atoms with Crippen LogP contribution >= 0.6 is 0 Å². The maximum Gasteiger partial charge on any atom is 0.230 e. The number of aldehydes is 1. The zero-order valence-corrected chi connectivity index (χ0v) is 9.89. The summed E-state index contributed by atoms with van der Waals surface area (Å²) in [6.07, 6.45) is 3.07. The Morgan fingerprint density at radius 2 is 1.83 bits per heavy atom. The van der Waals surface area contributed by atoms with E-state index in [0.717, 1.165) is 30.3 Å². The molecular formula is C14H13NO3. The van der Waals surface area contributed by atoms with Crippen molar-refractivity contribution in [3.8, 4) is 0 Å². The summed E-state index contributed by atoms with van der Waals surface area (Å²) in [4.78, 5) is 35.6. The molecule has 4 nitrogen and oxygen atoms in total. The van der Waals surface area contributed by atoms with E-state index in [1.807, 2.05) is 12.1 Å². The summed E-state index contributed by atoms with van der Waals surface area (Å²) < 4.78 is 0. The highest BCUT2D eigenvalue weighted by Crippen LogP contribution is 2.38. The highest BCUT2D eigenvalue weighted by atomic mass is 16.2. The first-order valence-corrected chi connectivity index (χ1v) is 6.13. The molecule has 1 fully saturated rings. The molecule has 2 amide bonds. The fourth-order valence-electron chi connectivity index (χ4n) is 2.90. The number of hydrogen-bond acceptors (Lipinski definition) is 3. The highest BCUT2D eigenvalue weighted by molar-refractivity contribution is 6.02. The SMILES string of the molecule is O=Cc1ccc2c(c1)CCC2N1C(=O)CCC1=O. The molecule has 0 radical (unpaired) electrons. The Balaban J connectivity index is 1.97. The molecule has 1 aromatic rings. The van der Waals surface area contributed by atoms with Gasteiger partial charge in [-0.05, 0) is 30.0 Å². The van der Waals surface area contributed by atoms with Crippen LogP contribution in [0.3, 0.4) is 0 Å². The van der Waals surface area contributed by atoms with E-state index in [9.17, 15) is 14.4 Å². The fourth-order valence-corrected chi connectivity index (χ4v) is 2.90. The first-order chi connectivity index (χ1) is 8.70. The lowest BCUT2D eigenvalue weighted by Crippen LogP contribution is -2.32. The maximum atomic E-state index is 11.8. The van der Waals surface area contributed by atoms with Gasteiger partial charge in [-0.25, -0.2) is 0 Å². The van der Waals surface area contributed by atoms with E-state index in [0.29, 0.717) is 18.4 Å². The lowest BCUT2D eigenvalue weighted by atomic mass is 10.0. The normalized spacial score (nSPS) is 22.4. The second-order valence-corrected chi connectivity index (χ2v) is 4.79. The van der Waals surface area contributed by atoms with E-state index in [-0.39, 0.29) is 17.9 Å². The average Bonchev–Trinajstić information content (AvgIpc) is 2.92. The number of carbonyl (C=O) groups excluding carboxylic acids is 3. The number of hydrogen-bond donors (Lipinski definition) is 0. The summed E-state index contributed by atoms with van der Waals surface area (Å²) >= 11 is 0. The van der Waals surface area contributed by atoms with Gasteiger partial charge in [0.15, 0.2) is 0 Å². The Hall–Kier alpha value is -1.97. The van der Waals surface area contributed by atoms with Gasteiger partial charge in [-0.1, -0.05) is 12.1 Å². The molecular weight excluding hydrogens is 230 g/mol. The van der Waals surface area contributed by atoms with Crippen molar-refractivity contribution < 1.29 is 14.4 Å². The number of amides is 2. The topological polar surface area (TPSA) is 54.5 Å². The van der Waals surface area contributed by atoms with Crippen molar-refractivity contribution in [2.75, 3.05) is 0 Å². The largest absolute Gasteiger partial charge is 0.298 e. The highest BCUT2D eigenvalue weighted by Gasteiger charge is 2.38. The van der Waals surface area contributed by atoms with Gasteiger partial charge in [0.1, 0.15) is 6.29 Å². The molecule has 1 atom stereocenters. The number of rotatable bonds is 2. The molecule has 1 saturated heterocycles. The van der Waals surface area contributed by atoms with Crippen LogP contribution in [0.4, 0.5) is 0 Å². The Morgan fingerprint density at radius 3 is 2.50 bits per heavy atom. The molecule has 0 spiro atoms. The van der Waals surface area contributed by atoms with Crippen LogP contribution < -0.4 is 0 Å². The molecule has 0 saturated carbocycles. The van der Waals surface area contributed by atoms with Crippen molar-refractivity contribution in [1.82, 2.24) is 4.90 Å². The number of benzene rings is 1. The Bertz CT molecular complexity index is 534. The third kappa shape index (κ3) is 1.56. The quantitative estimate of drug-likeness (QED) is 0.586. The fraction of sp³-hybridized carbons (Fsp3) is 0.357. The van der Waals surface area contributed by atoms with E-state index in [1.54, 1.807) is 6.07 Å². The Morgan fingerprint density at radius 1 is 1.11 bits per heavy atom. The molecule has 2 aliphatic rings. The molecule has 3 rings (SSSR count). The summed E-state index contributed by atoms with van der Waals surface area (Å²) in [5, 5.41) is 0. The molecule has 4 heteroatoms. The van der Waals surface area contributed by atoms with E-state index >= 15 is 0 Å². The molecule has 92 valence electrons. The Kier molecular flexibility index (Phi) is 2.51. The molecule has 0 N–H and O–H groups in total. The third-order valence-electron chi connectivity index (χ3n) is 3.75. The molecule has 1 unspecified atom stereocenters. The van der Waals surface area contributed by atoms with E-state index in [4.69, 9.17) is 0 Å². The molecule has 0 aromatic heterocycles. The van der Waals surface area contributed by atoms with Crippen LogP contribution in [0.25, 0.3) is 0 Å². The molecule has 1 heterocycles. The number of aryl methyl sites for hydroxylation is 1. The molecule has 0 bridgehead atoms. The van der Waals surface area contributed by atoms with Crippen molar-refractivity contribution in [3.63, 3.8) is 0 Å². The van der Waals surface area contributed by atoms with Crippen molar-refractivity contribution in [3.05, 3.63) is 34.9 Å². The molecule has 1 aromatic carbocycles. The number of likely N-dealkylation sites (tertiary alicyclic amines) is 1. The van der Waals surface area contributed by atoms with Gasteiger partial charge in [0.25, 0.3) is 0 Å². The van der Waals surface area contributed by atoms with Crippen molar-refractivity contribution >= 4 is 18.1 Å². The first-order valence-electron chi connectivity index (χ1n) is 6.13. The van der Waals surface area contributed by atoms with Gasteiger partial charge in [0, 0.05) is 18.4 Å². The van der Waals surface area contributed by atoms with Gasteiger partial charge in [0.05, 0.1) is 6.04 Å². The third-order valence-corrected chi connectivity index (χ3v) is 3.75. The first kappa shape index (κ1) is 11.1. The summed E-state index contributed by atoms with van der Waals surface area (Å²) in [7, 11) is 0. The van der Waals surface area contributed by atoms with Gasteiger partial charge in [-0.2, -0.15) is 0 Å². The molecule has 1 aliphatic heterocycles. The van der Waals surface area contributed by atoms with Crippen LogP contribution in [-0.4, -0.2) is 23.0 Å². The van der Waals surface area contributed by atoms with Gasteiger partial charge < -0.3 is 0 Å². The predicted octanol–water partition coefficient (Wildman–Crippen LogP) is 1.64. The standard InChI is InChI=1S/C14H13NO3/c16-8-9-1-3-11-10(7-9)2-4-12(11)15-13(17)5-6-14(15)18/h1,3,7-8,12H,2,4-6H2. The zero-order valence-electron chi connectivity index (χ0n) is 9.89. The van der Waals surface area contributed by atoms with E-state index < -0.39 is 0 Å². The number of fused-ring (bicyclic) bond motifs is 1. The van der Waals surface area contributed by atoms with Crippen molar-refractivity contribution in [2.45, 2.75) is 31.7 Å². The summed E-state index contributed by atoms with van der Waals surface area (Å²) in [6, 6.07) is 5.35. The number of nitrogens with zero attached hydrogens (tertiary/aromatic N) is 1. The summed E-state index contributed by atoms with van der Waals surface area (Å²) in [5.41, 5.74) is 2.75. The summed E-state index contributed by atoms with van der Waals surface area (Å²) in [5.74, 6) is -0.144. The number of imide groups is 1. The lowest BCUT2D eigenvalue weighted by molar-refractivity contribution is -0.141.